The molecule has 1 aromatic carbocycles. The predicted octanol–water partition coefficient (Wildman–Crippen LogP) is 2.02. The quantitative estimate of drug-likeness (QED) is 0.621. The highest BCUT2D eigenvalue weighted by Crippen LogP contribution is 2.19. The molecule has 1 aliphatic heterocycles. The van der Waals surface area contributed by atoms with Gasteiger partial charge in [-0.15, -0.1) is 0 Å². The Hall–Kier alpha value is -2.93. The SMILES string of the molecule is CN1C(=O)C(=Cc2cnn(Cc3ccccc3Cl)c2)C(=O)N(C)C1=O. The molecule has 25 heavy (non-hydrogen) atoms. The third-order valence-electron chi connectivity index (χ3n) is 3.90. The third kappa shape index (κ3) is 3.18. The fourth-order valence-corrected chi connectivity index (χ4v) is 2.68. The summed E-state index contributed by atoms with van der Waals surface area (Å²) in [6, 6.07) is 6.77. The van der Waals surface area contributed by atoms with Crippen molar-refractivity contribution in [3.8, 4) is 0 Å². The number of amides is 4. The van der Waals surface area contributed by atoms with Crippen molar-refractivity contribution in [2.24, 2.45) is 0 Å². The van der Waals surface area contributed by atoms with E-state index in [1.165, 1.54) is 20.2 Å². The van der Waals surface area contributed by atoms with Crippen molar-refractivity contribution in [1.82, 2.24) is 19.6 Å². The van der Waals surface area contributed by atoms with E-state index in [1.807, 2.05) is 18.2 Å². The Morgan fingerprint density at radius 2 is 1.72 bits per heavy atom. The second-order valence-electron chi connectivity index (χ2n) is 5.63. The number of halogens is 1. The van der Waals surface area contributed by atoms with Crippen molar-refractivity contribution in [2.75, 3.05) is 14.1 Å². The van der Waals surface area contributed by atoms with Gasteiger partial charge in [-0.2, -0.15) is 5.10 Å². The number of carbonyl (C=O) groups is 3. The van der Waals surface area contributed by atoms with Crippen molar-refractivity contribution in [2.45, 2.75) is 6.54 Å². The van der Waals surface area contributed by atoms with Crippen molar-refractivity contribution in [1.29, 1.82) is 0 Å². The minimum absolute atomic E-state index is 0.0816. The average molecular weight is 359 g/mol. The Morgan fingerprint density at radius 3 is 2.36 bits per heavy atom. The number of rotatable bonds is 3. The van der Waals surface area contributed by atoms with Gasteiger partial charge in [-0.05, 0) is 17.7 Å². The monoisotopic (exact) mass is 358 g/mol. The number of aromatic nitrogens is 2. The lowest BCUT2D eigenvalue weighted by Crippen LogP contribution is -2.52. The fraction of sp³-hybridized carbons (Fsp3) is 0.176. The van der Waals surface area contributed by atoms with Gasteiger partial charge in [0.05, 0.1) is 12.7 Å². The number of carbonyl (C=O) groups excluding carboxylic acids is 3. The maximum Gasteiger partial charge on any atom is 0.333 e. The molecule has 0 saturated carbocycles. The number of urea groups is 1. The summed E-state index contributed by atoms with van der Waals surface area (Å²) in [5, 5.41) is 4.85. The molecule has 0 bridgehead atoms. The van der Waals surface area contributed by atoms with Crippen LogP contribution in [-0.2, 0) is 16.1 Å². The number of benzene rings is 1. The number of barbiturate groups is 1. The van der Waals surface area contributed by atoms with Crippen molar-refractivity contribution in [3.05, 3.63) is 58.4 Å². The van der Waals surface area contributed by atoms with Crippen LogP contribution in [0.15, 0.2) is 42.2 Å². The Morgan fingerprint density at radius 1 is 1.08 bits per heavy atom. The summed E-state index contributed by atoms with van der Waals surface area (Å²) in [5.41, 5.74) is 1.41. The van der Waals surface area contributed by atoms with Crippen molar-refractivity contribution in [3.63, 3.8) is 0 Å². The van der Waals surface area contributed by atoms with E-state index in [1.54, 1.807) is 23.1 Å². The molecule has 128 valence electrons. The molecule has 1 fully saturated rings. The van der Waals surface area contributed by atoms with Gasteiger partial charge >= 0.3 is 6.03 Å². The maximum atomic E-state index is 12.2. The van der Waals surface area contributed by atoms with E-state index in [2.05, 4.69) is 5.10 Å². The smallest absolute Gasteiger partial charge is 0.268 e. The fourth-order valence-electron chi connectivity index (χ4n) is 2.48. The lowest BCUT2D eigenvalue weighted by Gasteiger charge is -2.28. The maximum absolute atomic E-state index is 12.2. The Balaban J connectivity index is 1.86. The molecule has 0 aliphatic carbocycles. The molecule has 1 aromatic heterocycles. The summed E-state index contributed by atoms with van der Waals surface area (Å²) in [6.07, 6.45) is 4.67. The largest absolute Gasteiger partial charge is 0.333 e. The average Bonchev–Trinajstić information content (AvgIpc) is 3.04. The van der Waals surface area contributed by atoms with Gasteiger partial charge in [0.15, 0.2) is 0 Å². The molecule has 2 aromatic rings. The molecule has 7 nitrogen and oxygen atoms in total. The van der Waals surface area contributed by atoms with Gasteiger partial charge in [0, 0.05) is 30.9 Å². The Labute approximate surface area is 149 Å². The summed E-state index contributed by atoms with van der Waals surface area (Å²) >= 11 is 6.14. The highest BCUT2D eigenvalue weighted by molar-refractivity contribution is 6.31. The van der Waals surface area contributed by atoms with Crippen LogP contribution < -0.4 is 0 Å². The van der Waals surface area contributed by atoms with Gasteiger partial charge < -0.3 is 0 Å². The van der Waals surface area contributed by atoms with Crippen molar-refractivity contribution >= 4 is 35.5 Å². The summed E-state index contributed by atoms with van der Waals surface area (Å²) < 4.78 is 1.66. The first-order valence-electron chi connectivity index (χ1n) is 7.46. The highest BCUT2D eigenvalue weighted by atomic mass is 35.5. The van der Waals surface area contributed by atoms with Gasteiger partial charge in [-0.1, -0.05) is 29.8 Å². The molecule has 3 rings (SSSR count). The number of hydrogen-bond donors (Lipinski definition) is 0. The van der Waals surface area contributed by atoms with Crippen LogP contribution in [0.3, 0.4) is 0 Å². The van der Waals surface area contributed by atoms with Crippen LogP contribution in [0.4, 0.5) is 4.79 Å². The first kappa shape index (κ1) is 16.9. The molecule has 8 heteroatoms. The topological polar surface area (TPSA) is 75.5 Å². The van der Waals surface area contributed by atoms with Crippen LogP contribution in [-0.4, -0.2) is 51.5 Å². The molecule has 0 unspecified atom stereocenters. The zero-order valence-electron chi connectivity index (χ0n) is 13.6. The van der Waals surface area contributed by atoms with Crippen LogP contribution in [0, 0.1) is 0 Å². The molecule has 4 amide bonds. The molecule has 0 radical (unpaired) electrons. The lowest BCUT2D eigenvalue weighted by molar-refractivity contribution is -0.134. The van der Waals surface area contributed by atoms with E-state index in [-0.39, 0.29) is 5.57 Å². The van der Waals surface area contributed by atoms with E-state index >= 15 is 0 Å². The van der Waals surface area contributed by atoms with E-state index in [4.69, 9.17) is 11.6 Å². The molecule has 0 N–H and O–H groups in total. The molecule has 1 saturated heterocycles. The number of likely N-dealkylation sites (N-methyl/N-ethyl adjacent to an activating group) is 2. The van der Waals surface area contributed by atoms with E-state index < -0.39 is 17.8 Å². The van der Waals surface area contributed by atoms with Crippen molar-refractivity contribution < 1.29 is 14.4 Å². The van der Waals surface area contributed by atoms with Gasteiger partial charge in [0.25, 0.3) is 11.8 Å². The second-order valence-corrected chi connectivity index (χ2v) is 6.04. The zero-order chi connectivity index (χ0) is 18.1. The molecular formula is C17H15ClN4O3. The zero-order valence-corrected chi connectivity index (χ0v) is 14.4. The van der Waals surface area contributed by atoms with Crippen LogP contribution in [0.25, 0.3) is 6.08 Å². The molecule has 2 heterocycles. The van der Waals surface area contributed by atoms with Gasteiger partial charge in [-0.25, -0.2) is 4.79 Å². The first-order valence-corrected chi connectivity index (χ1v) is 7.84. The molecule has 1 aliphatic rings. The lowest BCUT2D eigenvalue weighted by atomic mass is 10.1. The predicted molar refractivity (Wildman–Crippen MR) is 91.7 cm³/mol. The highest BCUT2D eigenvalue weighted by Gasteiger charge is 2.37. The Bertz CT molecular complexity index is 877. The number of hydrogen-bond acceptors (Lipinski definition) is 4. The molecular weight excluding hydrogens is 344 g/mol. The number of imide groups is 2. The Kier molecular flexibility index (Phi) is 4.41. The van der Waals surface area contributed by atoms with Gasteiger partial charge in [-0.3, -0.25) is 24.1 Å². The standard InChI is InChI=1S/C17H15ClN4O3/c1-20-15(23)13(16(24)21(2)17(20)25)7-11-8-19-22(9-11)10-12-5-3-4-6-14(12)18/h3-9H,10H2,1-2H3. The summed E-state index contributed by atoms with van der Waals surface area (Å²) in [4.78, 5) is 37.9. The molecule has 0 atom stereocenters. The van der Waals surface area contributed by atoms with E-state index in [0.29, 0.717) is 17.1 Å². The second kappa shape index (κ2) is 6.52. The van der Waals surface area contributed by atoms with Gasteiger partial charge in [0.1, 0.15) is 5.57 Å². The van der Waals surface area contributed by atoms with Crippen LogP contribution in [0.1, 0.15) is 11.1 Å². The third-order valence-corrected chi connectivity index (χ3v) is 4.27. The summed E-state index contributed by atoms with van der Waals surface area (Å²) in [7, 11) is 2.67. The van der Waals surface area contributed by atoms with E-state index in [9.17, 15) is 14.4 Å². The van der Waals surface area contributed by atoms with Crippen LogP contribution in [0.5, 0.6) is 0 Å². The normalized spacial score (nSPS) is 15.2. The molecule has 0 spiro atoms. The van der Waals surface area contributed by atoms with Gasteiger partial charge in [0.2, 0.25) is 0 Å². The first-order chi connectivity index (χ1) is 11.9. The summed E-state index contributed by atoms with van der Waals surface area (Å²) in [5.74, 6) is -1.26. The van der Waals surface area contributed by atoms with Crippen LogP contribution >= 0.6 is 11.6 Å². The minimum atomic E-state index is -0.651. The minimum Gasteiger partial charge on any atom is -0.268 e. The van der Waals surface area contributed by atoms with Crippen LogP contribution in [0.2, 0.25) is 5.02 Å². The number of nitrogens with zero attached hydrogens (tertiary/aromatic N) is 4. The summed E-state index contributed by atoms with van der Waals surface area (Å²) in [6.45, 7) is 0.461. The van der Waals surface area contributed by atoms with E-state index in [0.717, 1.165) is 15.4 Å².